The minimum atomic E-state index is -0.329. The molecule has 0 radical (unpaired) electrons. The fourth-order valence-electron chi connectivity index (χ4n) is 5.25. The number of aryl methyl sites for hydroxylation is 1. The number of ether oxygens (including phenoxy) is 2. The van der Waals surface area contributed by atoms with Crippen LogP contribution >= 0.6 is 11.3 Å². The van der Waals surface area contributed by atoms with Crippen LogP contribution in [0.15, 0.2) is 94.2 Å². The Labute approximate surface area is 219 Å². The molecule has 1 atom stereocenters. The van der Waals surface area contributed by atoms with Crippen molar-refractivity contribution in [2.24, 2.45) is 4.99 Å². The molecule has 0 amide bonds. The van der Waals surface area contributed by atoms with E-state index >= 15 is 0 Å². The summed E-state index contributed by atoms with van der Waals surface area (Å²) >= 11 is 1.42. The Morgan fingerprint density at radius 3 is 2.57 bits per heavy atom. The van der Waals surface area contributed by atoms with Crippen LogP contribution in [0.3, 0.4) is 0 Å². The standard InChI is InChI=1S/C31H26N2O3S/c1-35-25-16-9-15-24(29(25)36-2)28-23-19-18-21-13-6-7-14-22(21)27(23)32-31-33(28)30(34)26(37-31)17-8-12-20-10-4-3-5-11-20/h3-17,28H,18-19H2,1-2H3/b12-8+,26-17?. The van der Waals surface area contributed by atoms with Crippen LogP contribution in [-0.2, 0) is 6.42 Å². The van der Waals surface area contributed by atoms with Gasteiger partial charge in [-0.25, -0.2) is 4.99 Å². The molecule has 0 fully saturated rings. The van der Waals surface area contributed by atoms with Crippen molar-refractivity contribution < 1.29 is 9.47 Å². The number of aromatic nitrogens is 1. The number of hydrogen-bond donors (Lipinski definition) is 0. The highest BCUT2D eigenvalue weighted by Crippen LogP contribution is 2.45. The largest absolute Gasteiger partial charge is 0.493 e. The Morgan fingerprint density at radius 1 is 0.946 bits per heavy atom. The van der Waals surface area contributed by atoms with Gasteiger partial charge < -0.3 is 9.47 Å². The molecule has 6 heteroatoms. The maximum atomic E-state index is 13.9. The van der Waals surface area contributed by atoms with Gasteiger partial charge in [0.1, 0.15) is 0 Å². The first-order valence-corrected chi connectivity index (χ1v) is 13.1. The zero-order valence-corrected chi connectivity index (χ0v) is 21.5. The fourth-order valence-corrected chi connectivity index (χ4v) is 6.20. The molecule has 6 rings (SSSR count). The van der Waals surface area contributed by atoms with Gasteiger partial charge in [-0.1, -0.05) is 90.2 Å². The molecule has 184 valence electrons. The van der Waals surface area contributed by atoms with Gasteiger partial charge >= 0.3 is 0 Å². The summed E-state index contributed by atoms with van der Waals surface area (Å²) < 4.78 is 13.9. The number of rotatable bonds is 5. The molecular weight excluding hydrogens is 480 g/mol. The van der Waals surface area contributed by atoms with Crippen LogP contribution in [0.1, 0.15) is 34.7 Å². The van der Waals surface area contributed by atoms with Crippen molar-refractivity contribution in [1.29, 1.82) is 0 Å². The lowest BCUT2D eigenvalue weighted by Gasteiger charge is -2.31. The van der Waals surface area contributed by atoms with Gasteiger partial charge in [-0.3, -0.25) is 9.36 Å². The number of methoxy groups -OCH3 is 2. The van der Waals surface area contributed by atoms with Crippen molar-refractivity contribution in [3.8, 4) is 11.5 Å². The summed E-state index contributed by atoms with van der Waals surface area (Å²) in [5.74, 6) is 1.28. The molecule has 1 aliphatic carbocycles. The highest BCUT2D eigenvalue weighted by molar-refractivity contribution is 7.07. The number of nitrogens with zero attached hydrogens (tertiary/aromatic N) is 2. The van der Waals surface area contributed by atoms with E-state index in [1.807, 2.05) is 71.3 Å². The molecule has 2 aliphatic rings. The van der Waals surface area contributed by atoms with Crippen molar-refractivity contribution in [2.45, 2.75) is 18.9 Å². The van der Waals surface area contributed by atoms with E-state index in [1.165, 1.54) is 16.9 Å². The van der Waals surface area contributed by atoms with Crippen molar-refractivity contribution in [2.75, 3.05) is 14.2 Å². The Bertz CT molecular complexity index is 1730. The van der Waals surface area contributed by atoms with Gasteiger partial charge in [0, 0.05) is 11.1 Å². The second kappa shape index (κ2) is 9.71. The van der Waals surface area contributed by atoms with Gasteiger partial charge in [0.15, 0.2) is 16.3 Å². The molecule has 2 heterocycles. The highest BCUT2D eigenvalue weighted by atomic mass is 32.1. The van der Waals surface area contributed by atoms with Gasteiger partial charge in [-0.2, -0.15) is 0 Å². The average molecular weight is 507 g/mol. The first-order chi connectivity index (χ1) is 18.2. The summed E-state index contributed by atoms with van der Waals surface area (Å²) in [5.41, 5.74) is 6.44. The van der Waals surface area contributed by atoms with Crippen LogP contribution < -0.4 is 24.4 Å². The first-order valence-electron chi connectivity index (χ1n) is 12.3. The number of fused-ring (bicyclic) bond motifs is 3. The number of benzene rings is 3. The summed E-state index contributed by atoms with van der Waals surface area (Å²) in [6, 6.07) is 24.0. The lowest BCUT2D eigenvalue weighted by atomic mass is 9.83. The number of thiazole rings is 1. The minimum absolute atomic E-state index is 0.0539. The Kier molecular flexibility index (Phi) is 6.10. The van der Waals surface area contributed by atoms with E-state index in [4.69, 9.17) is 14.5 Å². The molecule has 0 saturated carbocycles. The number of para-hydroxylation sites is 1. The Balaban J connectivity index is 1.59. The van der Waals surface area contributed by atoms with Gasteiger partial charge in [0.05, 0.1) is 30.5 Å². The van der Waals surface area contributed by atoms with Gasteiger partial charge in [-0.15, -0.1) is 0 Å². The molecule has 1 unspecified atom stereocenters. The minimum Gasteiger partial charge on any atom is -0.493 e. The SMILES string of the molecule is COc1cccc(C2C3=C(N=c4sc(=C/C=C/c5ccccc5)c(=O)n42)c2ccccc2CC3)c1OC. The predicted octanol–water partition coefficient (Wildman–Crippen LogP) is 5.00. The quantitative estimate of drug-likeness (QED) is 0.383. The summed E-state index contributed by atoms with van der Waals surface area (Å²) in [4.78, 5) is 19.6. The first kappa shape index (κ1) is 23.3. The third-order valence-electron chi connectivity index (χ3n) is 6.94. The molecule has 4 aromatic rings. The van der Waals surface area contributed by atoms with Gasteiger partial charge in [-0.05, 0) is 41.7 Å². The molecule has 5 nitrogen and oxygen atoms in total. The number of hydrogen-bond acceptors (Lipinski definition) is 5. The molecule has 0 N–H and O–H groups in total. The van der Waals surface area contributed by atoms with Crippen LogP contribution in [0, 0.1) is 0 Å². The maximum Gasteiger partial charge on any atom is 0.271 e. The van der Waals surface area contributed by atoms with Gasteiger partial charge in [0.25, 0.3) is 5.56 Å². The maximum absolute atomic E-state index is 13.9. The van der Waals surface area contributed by atoms with Crippen LogP contribution in [0.25, 0.3) is 17.8 Å². The van der Waals surface area contributed by atoms with Crippen LogP contribution in [0.5, 0.6) is 11.5 Å². The molecule has 0 bridgehead atoms. The van der Waals surface area contributed by atoms with Crippen molar-refractivity contribution >= 4 is 29.2 Å². The predicted molar refractivity (Wildman–Crippen MR) is 149 cm³/mol. The third-order valence-corrected chi connectivity index (χ3v) is 7.94. The lowest BCUT2D eigenvalue weighted by Crippen LogP contribution is -2.38. The third kappa shape index (κ3) is 4.03. The Morgan fingerprint density at radius 2 is 1.76 bits per heavy atom. The van der Waals surface area contributed by atoms with Crippen molar-refractivity contribution in [1.82, 2.24) is 4.57 Å². The van der Waals surface area contributed by atoms with E-state index < -0.39 is 0 Å². The topological polar surface area (TPSA) is 52.8 Å². The summed E-state index contributed by atoms with van der Waals surface area (Å²) in [6.07, 6.45) is 7.53. The molecule has 1 aliphatic heterocycles. The summed E-state index contributed by atoms with van der Waals surface area (Å²) in [6.45, 7) is 0. The van der Waals surface area contributed by atoms with E-state index in [-0.39, 0.29) is 11.6 Å². The number of allylic oxidation sites excluding steroid dienone is 2. The van der Waals surface area contributed by atoms with E-state index in [2.05, 4.69) is 24.3 Å². The second-order valence-electron chi connectivity index (χ2n) is 8.99. The van der Waals surface area contributed by atoms with E-state index in [1.54, 1.807) is 14.2 Å². The molecule has 0 spiro atoms. The second-order valence-corrected chi connectivity index (χ2v) is 10.00. The van der Waals surface area contributed by atoms with E-state index in [9.17, 15) is 4.79 Å². The molecule has 3 aromatic carbocycles. The monoisotopic (exact) mass is 506 g/mol. The van der Waals surface area contributed by atoms with Gasteiger partial charge in [0.2, 0.25) is 0 Å². The smallest absolute Gasteiger partial charge is 0.271 e. The van der Waals surface area contributed by atoms with Crippen LogP contribution in [0.4, 0.5) is 0 Å². The molecule has 0 saturated heterocycles. The lowest BCUT2D eigenvalue weighted by molar-refractivity contribution is 0.348. The zero-order chi connectivity index (χ0) is 25.4. The highest BCUT2D eigenvalue weighted by Gasteiger charge is 2.34. The normalized spacial score (nSPS) is 16.7. The summed E-state index contributed by atoms with van der Waals surface area (Å²) in [7, 11) is 3.28. The van der Waals surface area contributed by atoms with Crippen LogP contribution in [0.2, 0.25) is 0 Å². The molecular formula is C31H26N2O3S. The molecule has 37 heavy (non-hydrogen) atoms. The van der Waals surface area contributed by atoms with Crippen molar-refractivity contribution in [3.05, 3.63) is 126 Å². The Hall–Kier alpha value is -4.16. The molecule has 1 aromatic heterocycles. The average Bonchev–Trinajstić information content (AvgIpc) is 3.26. The van der Waals surface area contributed by atoms with E-state index in [0.29, 0.717) is 20.8 Å². The van der Waals surface area contributed by atoms with E-state index in [0.717, 1.165) is 40.8 Å². The van der Waals surface area contributed by atoms with Crippen LogP contribution in [-0.4, -0.2) is 18.8 Å². The zero-order valence-electron chi connectivity index (χ0n) is 20.7. The fraction of sp³-hybridized carbons (Fsp3) is 0.161. The summed E-state index contributed by atoms with van der Waals surface area (Å²) in [5, 5.41) is 0. The van der Waals surface area contributed by atoms with Crippen molar-refractivity contribution in [3.63, 3.8) is 0 Å².